The lowest BCUT2D eigenvalue weighted by molar-refractivity contribution is -0.125. The largest absolute Gasteiger partial charge is 0.351 e. The fourth-order valence-corrected chi connectivity index (χ4v) is 3.09. The third-order valence-electron chi connectivity index (χ3n) is 3.25. The van der Waals surface area contributed by atoms with E-state index in [4.69, 9.17) is 0 Å². The molecule has 5 nitrogen and oxygen atoms in total. The lowest BCUT2D eigenvalue weighted by Crippen LogP contribution is -2.44. The van der Waals surface area contributed by atoms with Gasteiger partial charge in [-0.25, -0.2) is 0 Å². The number of amides is 1. The van der Waals surface area contributed by atoms with Gasteiger partial charge in [0.1, 0.15) is 5.01 Å². The quantitative estimate of drug-likeness (QED) is 0.930. The monoisotopic (exact) mass is 296 g/mol. The van der Waals surface area contributed by atoms with E-state index in [2.05, 4.69) is 34.3 Å². The van der Waals surface area contributed by atoms with Crippen molar-refractivity contribution in [2.75, 3.05) is 18.0 Å². The number of aromatic nitrogens is 2. The van der Waals surface area contributed by atoms with Crippen molar-refractivity contribution >= 4 is 22.4 Å². The Bertz CT molecular complexity index is 478. The van der Waals surface area contributed by atoms with E-state index >= 15 is 0 Å². The van der Waals surface area contributed by atoms with Gasteiger partial charge in [0.05, 0.1) is 5.92 Å². The van der Waals surface area contributed by atoms with Crippen molar-refractivity contribution in [3.63, 3.8) is 0 Å². The zero-order chi connectivity index (χ0) is 14.9. The summed E-state index contributed by atoms with van der Waals surface area (Å²) in [6.07, 6.45) is 0.887. The molecule has 1 unspecified atom stereocenters. The van der Waals surface area contributed by atoms with Crippen LogP contribution >= 0.6 is 11.3 Å². The molecule has 0 aromatic carbocycles. The summed E-state index contributed by atoms with van der Waals surface area (Å²) < 4.78 is 0. The molecule has 1 N–H and O–H groups in total. The van der Waals surface area contributed by atoms with Crippen LogP contribution in [0.4, 0.5) is 5.13 Å². The predicted molar refractivity (Wildman–Crippen MR) is 82.2 cm³/mol. The molecule has 1 atom stereocenters. The third kappa shape index (κ3) is 3.69. The molecule has 1 aliphatic heterocycles. The fraction of sp³-hybridized carbons (Fsp3) is 0.786. The Morgan fingerprint density at radius 2 is 2.10 bits per heavy atom. The summed E-state index contributed by atoms with van der Waals surface area (Å²) in [4.78, 5) is 14.4. The lowest BCUT2D eigenvalue weighted by atomic mass is 10.0. The van der Waals surface area contributed by atoms with Crippen LogP contribution in [0.2, 0.25) is 0 Å². The van der Waals surface area contributed by atoms with Crippen molar-refractivity contribution < 1.29 is 4.79 Å². The summed E-state index contributed by atoms with van der Waals surface area (Å²) in [7, 11) is 0. The average Bonchev–Trinajstić information content (AvgIpc) is 2.95. The summed E-state index contributed by atoms with van der Waals surface area (Å²) in [5, 5.41) is 13.5. The second-order valence-corrected chi connectivity index (χ2v) is 7.74. The average molecular weight is 296 g/mol. The Hall–Kier alpha value is -1.17. The standard InChI is InChI=1S/C14H24N4OS/c1-9(2)12-16-17-13(20-12)18-7-6-10(8-18)11(19)15-14(3,4)5/h9-10H,6-8H2,1-5H3,(H,15,19). The highest BCUT2D eigenvalue weighted by Crippen LogP contribution is 2.29. The maximum Gasteiger partial charge on any atom is 0.225 e. The first kappa shape index (κ1) is 15.2. The van der Waals surface area contributed by atoms with E-state index in [1.165, 1.54) is 0 Å². The zero-order valence-electron chi connectivity index (χ0n) is 12.9. The van der Waals surface area contributed by atoms with Gasteiger partial charge in [-0.1, -0.05) is 25.2 Å². The second-order valence-electron chi connectivity index (χ2n) is 6.75. The Labute approximate surface area is 124 Å². The van der Waals surface area contributed by atoms with E-state index < -0.39 is 0 Å². The second kappa shape index (κ2) is 5.68. The van der Waals surface area contributed by atoms with Crippen LogP contribution in [0, 0.1) is 5.92 Å². The lowest BCUT2D eigenvalue weighted by Gasteiger charge is -2.23. The normalized spacial score (nSPS) is 19.7. The number of nitrogens with one attached hydrogen (secondary N) is 1. The molecule has 1 saturated heterocycles. The number of rotatable bonds is 3. The van der Waals surface area contributed by atoms with Crippen molar-refractivity contribution in [2.24, 2.45) is 5.92 Å². The van der Waals surface area contributed by atoms with Crippen LogP contribution in [0.5, 0.6) is 0 Å². The summed E-state index contributed by atoms with van der Waals surface area (Å²) in [6.45, 7) is 11.9. The maximum absolute atomic E-state index is 12.2. The van der Waals surface area contributed by atoms with E-state index in [0.29, 0.717) is 5.92 Å². The van der Waals surface area contributed by atoms with Crippen LogP contribution in [-0.4, -0.2) is 34.7 Å². The van der Waals surface area contributed by atoms with E-state index in [9.17, 15) is 4.79 Å². The number of nitrogens with zero attached hydrogens (tertiary/aromatic N) is 3. The van der Waals surface area contributed by atoms with E-state index in [0.717, 1.165) is 29.6 Å². The third-order valence-corrected chi connectivity index (χ3v) is 4.54. The predicted octanol–water partition coefficient (Wildman–Crippen LogP) is 2.40. The molecule has 1 aliphatic rings. The van der Waals surface area contributed by atoms with E-state index in [1.807, 2.05) is 20.8 Å². The molecule has 6 heteroatoms. The topological polar surface area (TPSA) is 58.1 Å². The molecule has 1 fully saturated rings. The zero-order valence-corrected chi connectivity index (χ0v) is 13.8. The van der Waals surface area contributed by atoms with Gasteiger partial charge in [-0.3, -0.25) is 4.79 Å². The van der Waals surface area contributed by atoms with Crippen LogP contribution < -0.4 is 10.2 Å². The van der Waals surface area contributed by atoms with E-state index in [1.54, 1.807) is 11.3 Å². The highest BCUT2D eigenvalue weighted by atomic mass is 32.1. The van der Waals surface area contributed by atoms with Gasteiger partial charge < -0.3 is 10.2 Å². The van der Waals surface area contributed by atoms with E-state index in [-0.39, 0.29) is 17.4 Å². The SMILES string of the molecule is CC(C)c1nnc(N2CCC(C(=O)NC(C)(C)C)C2)s1. The fourth-order valence-electron chi connectivity index (χ4n) is 2.21. The highest BCUT2D eigenvalue weighted by molar-refractivity contribution is 7.15. The van der Waals surface area contributed by atoms with Crippen LogP contribution in [-0.2, 0) is 4.79 Å². The first-order chi connectivity index (χ1) is 9.26. The highest BCUT2D eigenvalue weighted by Gasteiger charge is 2.31. The first-order valence-corrected chi connectivity index (χ1v) is 7.98. The van der Waals surface area contributed by atoms with Crippen LogP contribution in [0.15, 0.2) is 0 Å². The van der Waals surface area contributed by atoms with Gasteiger partial charge in [0.25, 0.3) is 0 Å². The number of hydrogen-bond donors (Lipinski definition) is 1. The molecule has 1 amide bonds. The Balaban J connectivity index is 1.96. The minimum atomic E-state index is -0.169. The summed E-state index contributed by atoms with van der Waals surface area (Å²) in [5.74, 6) is 0.609. The maximum atomic E-state index is 12.2. The summed E-state index contributed by atoms with van der Waals surface area (Å²) in [5.41, 5.74) is -0.169. The van der Waals surface area contributed by atoms with Gasteiger partial charge in [-0.05, 0) is 27.2 Å². The Morgan fingerprint density at radius 3 is 2.65 bits per heavy atom. The number of hydrogen-bond acceptors (Lipinski definition) is 5. The number of anilines is 1. The molecule has 0 radical (unpaired) electrons. The van der Waals surface area contributed by atoms with Gasteiger partial charge in [0.15, 0.2) is 0 Å². The van der Waals surface area contributed by atoms with Crippen LogP contribution in [0.1, 0.15) is 52.0 Å². The van der Waals surface area contributed by atoms with Gasteiger partial charge in [-0.2, -0.15) is 0 Å². The molecular weight excluding hydrogens is 272 g/mol. The first-order valence-electron chi connectivity index (χ1n) is 7.16. The molecule has 112 valence electrons. The molecule has 1 aromatic heterocycles. The van der Waals surface area contributed by atoms with Crippen molar-refractivity contribution in [1.82, 2.24) is 15.5 Å². The molecule has 1 aromatic rings. The Morgan fingerprint density at radius 1 is 1.40 bits per heavy atom. The van der Waals surface area contributed by atoms with Gasteiger partial charge in [0, 0.05) is 24.5 Å². The summed E-state index contributed by atoms with van der Waals surface area (Å²) >= 11 is 1.64. The van der Waals surface area contributed by atoms with Crippen LogP contribution in [0.3, 0.4) is 0 Å². The molecule has 0 spiro atoms. The molecule has 0 aliphatic carbocycles. The van der Waals surface area contributed by atoms with Crippen molar-refractivity contribution in [2.45, 2.75) is 52.5 Å². The summed E-state index contributed by atoms with van der Waals surface area (Å²) in [6, 6.07) is 0. The molecular formula is C14H24N4OS. The minimum absolute atomic E-state index is 0.0561. The minimum Gasteiger partial charge on any atom is -0.351 e. The van der Waals surface area contributed by atoms with Crippen molar-refractivity contribution in [3.8, 4) is 0 Å². The van der Waals surface area contributed by atoms with Gasteiger partial charge >= 0.3 is 0 Å². The smallest absolute Gasteiger partial charge is 0.225 e. The molecule has 2 heterocycles. The Kier molecular flexibility index (Phi) is 4.32. The number of carbonyl (C=O) groups is 1. The molecule has 2 rings (SSSR count). The molecule has 20 heavy (non-hydrogen) atoms. The van der Waals surface area contributed by atoms with Gasteiger partial charge in [0.2, 0.25) is 11.0 Å². The number of carbonyl (C=O) groups excluding carboxylic acids is 1. The molecule has 0 bridgehead atoms. The van der Waals surface area contributed by atoms with Crippen LogP contribution in [0.25, 0.3) is 0 Å². The molecule has 0 saturated carbocycles. The van der Waals surface area contributed by atoms with Crippen molar-refractivity contribution in [1.29, 1.82) is 0 Å². The van der Waals surface area contributed by atoms with Crippen molar-refractivity contribution in [3.05, 3.63) is 5.01 Å². The van der Waals surface area contributed by atoms with Gasteiger partial charge in [-0.15, -0.1) is 10.2 Å².